The van der Waals surface area contributed by atoms with Gasteiger partial charge in [0.25, 0.3) is 0 Å². The van der Waals surface area contributed by atoms with E-state index in [1.54, 1.807) is 7.11 Å². The number of aromatic nitrogens is 3. The molecule has 0 unspecified atom stereocenters. The number of thioether (sulfide) groups is 1. The fourth-order valence-corrected chi connectivity index (χ4v) is 4.84. The second-order valence-electron chi connectivity index (χ2n) is 7.20. The van der Waals surface area contributed by atoms with Crippen LogP contribution in [-0.4, -0.2) is 33.5 Å². The van der Waals surface area contributed by atoms with E-state index in [1.165, 1.54) is 29.5 Å². The van der Waals surface area contributed by atoms with Gasteiger partial charge < -0.3 is 14.6 Å². The Morgan fingerprint density at radius 2 is 1.84 bits per heavy atom. The van der Waals surface area contributed by atoms with Gasteiger partial charge in [0.2, 0.25) is 5.91 Å². The highest BCUT2D eigenvalue weighted by Gasteiger charge is 2.14. The Hall–Kier alpha value is -1.93. The van der Waals surface area contributed by atoms with Gasteiger partial charge in [-0.05, 0) is 49.1 Å². The molecule has 0 saturated heterocycles. The van der Waals surface area contributed by atoms with Crippen molar-refractivity contribution in [3.05, 3.63) is 62.4 Å². The highest BCUT2D eigenvalue weighted by atomic mass is 35.5. The van der Waals surface area contributed by atoms with Gasteiger partial charge in [-0.15, -0.1) is 10.2 Å². The second kappa shape index (κ2) is 11.3. The standard InChI is InChI=1S/C22H23Cl3N4O2S/c1-13-9-14(7-8-18(13)31-3)5-4-6-19-27-28-22(29(19)2)32-12-20(30)26-21-16(24)10-15(23)11-17(21)25/h7-11H,4-6,12H2,1-3H3,(H,26,30). The van der Waals surface area contributed by atoms with E-state index in [1.807, 2.05) is 24.6 Å². The molecule has 0 radical (unpaired) electrons. The Morgan fingerprint density at radius 1 is 1.12 bits per heavy atom. The SMILES string of the molecule is COc1ccc(CCCc2nnc(SCC(=O)Nc3c(Cl)cc(Cl)cc3Cl)n2C)cc1C. The molecule has 0 fully saturated rings. The van der Waals surface area contributed by atoms with Crippen LogP contribution in [0.3, 0.4) is 0 Å². The normalized spacial score (nSPS) is 10.9. The largest absolute Gasteiger partial charge is 0.496 e. The van der Waals surface area contributed by atoms with Crippen molar-refractivity contribution in [1.82, 2.24) is 14.8 Å². The molecule has 0 atom stereocenters. The molecule has 0 spiro atoms. The van der Waals surface area contributed by atoms with Gasteiger partial charge in [0, 0.05) is 18.5 Å². The number of amides is 1. The van der Waals surface area contributed by atoms with Crippen LogP contribution < -0.4 is 10.1 Å². The van der Waals surface area contributed by atoms with Crippen LogP contribution in [-0.2, 0) is 24.7 Å². The molecule has 0 aliphatic heterocycles. The fraction of sp³-hybridized carbons (Fsp3) is 0.318. The summed E-state index contributed by atoms with van der Waals surface area (Å²) in [5, 5.41) is 12.9. The van der Waals surface area contributed by atoms with Crippen molar-refractivity contribution in [2.45, 2.75) is 31.3 Å². The number of carbonyl (C=O) groups is 1. The Kier molecular flexibility index (Phi) is 8.71. The molecule has 1 aromatic heterocycles. The summed E-state index contributed by atoms with van der Waals surface area (Å²) in [4.78, 5) is 12.3. The second-order valence-corrected chi connectivity index (χ2v) is 9.39. The van der Waals surface area contributed by atoms with Crippen LogP contribution in [0.15, 0.2) is 35.5 Å². The molecule has 10 heteroatoms. The quantitative estimate of drug-likeness (QED) is 0.355. The third-order valence-corrected chi connectivity index (χ3v) is 6.69. The highest BCUT2D eigenvalue weighted by molar-refractivity contribution is 7.99. The zero-order chi connectivity index (χ0) is 23.3. The van der Waals surface area contributed by atoms with Crippen molar-refractivity contribution in [1.29, 1.82) is 0 Å². The summed E-state index contributed by atoms with van der Waals surface area (Å²) in [7, 11) is 3.58. The van der Waals surface area contributed by atoms with E-state index in [0.29, 0.717) is 15.9 Å². The number of hydrogen-bond donors (Lipinski definition) is 1. The van der Waals surface area contributed by atoms with Crippen molar-refractivity contribution >= 4 is 58.2 Å². The maximum atomic E-state index is 12.3. The Labute approximate surface area is 206 Å². The number of benzene rings is 2. The molecule has 2 aromatic carbocycles. The van der Waals surface area contributed by atoms with E-state index >= 15 is 0 Å². The van der Waals surface area contributed by atoms with E-state index in [2.05, 4.69) is 27.6 Å². The number of carbonyl (C=O) groups excluding carboxylic acids is 1. The maximum Gasteiger partial charge on any atom is 0.234 e. The lowest BCUT2D eigenvalue weighted by Gasteiger charge is -2.10. The van der Waals surface area contributed by atoms with E-state index in [9.17, 15) is 4.79 Å². The van der Waals surface area contributed by atoms with Gasteiger partial charge in [-0.3, -0.25) is 4.79 Å². The van der Waals surface area contributed by atoms with Crippen LogP contribution in [0, 0.1) is 6.92 Å². The number of halogens is 3. The first-order valence-corrected chi connectivity index (χ1v) is 12.0. The van der Waals surface area contributed by atoms with Crippen molar-refractivity contribution in [3.8, 4) is 5.75 Å². The summed E-state index contributed by atoms with van der Waals surface area (Å²) in [5.74, 6) is 1.67. The van der Waals surface area contributed by atoms with Crippen molar-refractivity contribution in [3.63, 3.8) is 0 Å². The molecule has 1 heterocycles. The predicted octanol–water partition coefficient (Wildman–Crippen LogP) is 6.00. The summed E-state index contributed by atoms with van der Waals surface area (Å²) in [6, 6.07) is 9.28. The average Bonchev–Trinajstić information content (AvgIpc) is 3.09. The molecule has 1 amide bonds. The van der Waals surface area contributed by atoms with Crippen molar-refractivity contribution in [2.24, 2.45) is 7.05 Å². The molecule has 3 aromatic rings. The van der Waals surface area contributed by atoms with Crippen molar-refractivity contribution < 1.29 is 9.53 Å². The highest BCUT2D eigenvalue weighted by Crippen LogP contribution is 2.33. The predicted molar refractivity (Wildman–Crippen MR) is 132 cm³/mol. The van der Waals surface area contributed by atoms with Gasteiger partial charge in [0.15, 0.2) is 5.16 Å². The minimum atomic E-state index is -0.249. The van der Waals surface area contributed by atoms with Gasteiger partial charge in [-0.25, -0.2) is 0 Å². The Morgan fingerprint density at radius 3 is 2.50 bits per heavy atom. The number of nitrogens with one attached hydrogen (secondary N) is 1. The van der Waals surface area contributed by atoms with Gasteiger partial charge in [-0.1, -0.05) is 58.7 Å². The molecule has 0 bridgehead atoms. The molecular weight excluding hydrogens is 491 g/mol. The van der Waals surface area contributed by atoms with Gasteiger partial charge in [0.1, 0.15) is 11.6 Å². The summed E-state index contributed by atoms with van der Waals surface area (Å²) in [6.07, 6.45) is 2.67. The summed E-state index contributed by atoms with van der Waals surface area (Å²) in [6.45, 7) is 2.04. The van der Waals surface area contributed by atoms with Crippen LogP contribution in [0.1, 0.15) is 23.4 Å². The van der Waals surface area contributed by atoms with Gasteiger partial charge in [0.05, 0.1) is 28.6 Å². The molecular formula is C22H23Cl3N4O2S. The van der Waals surface area contributed by atoms with E-state index in [4.69, 9.17) is 39.5 Å². The zero-order valence-corrected chi connectivity index (χ0v) is 21.0. The first kappa shape index (κ1) is 24.7. The smallest absolute Gasteiger partial charge is 0.234 e. The number of anilines is 1. The van der Waals surface area contributed by atoms with E-state index in [0.717, 1.165) is 36.4 Å². The fourth-order valence-electron chi connectivity index (χ4n) is 3.20. The van der Waals surface area contributed by atoms with Crippen molar-refractivity contribution in [2.75, 3.05) is 18.2 Å². The lowest BCUT2D eigenvalue weighted by Crippen LogP contribution is -2.15. The van der Waals surface area contributed by atoms with Crippen LogP contribution in [0.5, 0.6) is 5.75 Å². The Bertz CT molecular complexity index is 1100. The number of aryl methyl sites for hydroxylation is 3. The molecule has 0 aliphatic carbocycles. The number of nitrogens with zero attached hydrogens (tertiary/aromatic N) is 3. The Balaban J connectivity index is 1.51. The number of hydrogen-bond acceptors (Lipinski definition) is 5. The molecule has 0 saturated carbocycles. The van der Waals surface area contributed by atoms with Crippen LogP contribution in [0.2, 0.25) is 15.1 Å². The first-order valence-electron chi connectivity index (χ1n) is 9.87. The number of rotatable bonds is 9. The maximum absolute atomic E-state index is 12.3. The van der Waals surface area contributed by atoms with Crippen LogP contribution in [0.4, 0.5) is 5.69 Å². The van der Waals surface area contributed by atoms with E-state index < -0.39 is 0 Å². The molecule has 1 N–H and O–H groups in total. The topological polar surface area (TPSA) is 69.0 Å². The molecule has 32 heavy (non-hydrogen) atoms. The minimum absolute atomic E-state index is 0.145. The third-order valence-electron chi connectivity index (χ3n) is 4.85. The summed E-state index contributed by atoms with van der Waals surface area (Å²) < 4.78 is 7.23. The zero-order valence-electron chi connectivity index (χ0n) is 17.9. The molecule has 3 rings (SSSR count). The summed E-state index contributed by atoms with van der Waals surface area (Å²) >= 11 is 19.4. The van der Waals surface area contributed by atoms with Crippen LogP contribution >= 0.6 is 46.6 Å². The number of ether oxygens (including phenoxy) is 1. The number of methoxy groups -OCH3 is 1. The summed E-state index contributed by atoms with van der Waals surface area (Å²) in [5.41, 5.74) is 2.73. The lowest BCUT2D eigenvalue weighted by molar-refractivity contribution is -0.113. The average molecular weight is 514 g/mol. The first-order chi connectivity index (χ1) is 15.3. The molecule has 0 aliphatic rings. The van der Waals surface area contributed by atoms with Gasteiger partial charge >= 0.3 is 0 Å². The minimum Gasteiger partial charge on any atom is -0.496 e. The van der Waals surface area contributed by atoms with Crippen LogP contribution in [0.25, 0.3) is 0 Å². The lowest BCUT2D eigenvalue weighted by atomic mass is 10.0. The monoisotopic (exact) mass is 512 g/mol. The molecule has 170 valence electrons. The van der Waals surface area contributed by atoms with Gasteiger partial charge in [-0.2, -0.15) is 0 Å². The van der Waals surface area contributed by atoms with E-state index in [-0.39, 0.29) is 21.7 Å². The molecule has 6 nitrogen and oxygen atoms in total. The third kappa shape index (κ3) is 6.32.